The quantitative estimate of drug-likeness (QED) is 0.726. The lowest BCUT2D eigenvalue weighted by molar-refractivity contribution is -0.159. The Labute approximate surface area is 147 Å². The van der Waals surface area contributed by atoms with Gasteiger partial charge in [0.05, 0.1) is 5.92 Å². The highest BCUT2D eigenvalue weighted by Gasteiger charge is 2.34. The van der Waals surface area contributed by atoms with Crippen LogP contribution in [0, 0.1) is 17.3 Å². The standard InChI is InChI=1S/C20H35NO3/c1-14-7-6-8-15(2)21(14)18(22)13-24-19(23)16-9-11-17(12-10-16)20(3,4)5/h14-17H,6-13H2,1-5H3/t14-,15+,16?,17?. The Bertz CT molecular complexity index is 436. The van der Waals surface area contributed by atoms with Gasteiger partial charge in [0.25, 0.3) is 5.91 Å². The molecule has 1 heterocycles. The number of hydrogen-bond acceptors (Lipinski definition) is 3. The van der Waals surface area contributed by atoms with Gasteiger partial charge in [-0.05, 0) is 70.1 Å². The molecule has 1 amide bonds. The number of hydrogen-bond donors (Lipinski definition) is 0. The van der Waals surface area contributed by atoms with Crippen molar-refractivity contribution in [2.75, 3.05) is 6.61 Å². The number of esters is 1. The molecule has 0 aromatic carbocycles. The smallest absolute Gasteiger partial charge is 0.309 e. The van der Waals surface area contributed by atoms with Crippen molar-refractivity contribution in [2.24, 2.45) is 17.3 Å². The van der Waals surface area contributed by atoms with Crippen molar-refractivity contribution in [1.82, 2.24) is 4.90 Å². The maximum Gasteiger partial charge on any atom is 0.309 e. The predicted molar refractivity (Wildman–Crippen MR) is 95.5 cm³/mol. The zero-order valence-electron chi connectivity index (χ0n) is 16.1. The lowest BCUT2D eigenvalue weighted by Gasteiger charge is -2.39. The van der Waals surface area contributed by atoms with Crippen molar-refractivity contribution in [2.45, 2.75) is 91.6 Å². The summed E-state index contributed by atoms with van der Waals surface area (Å²) in [5.74, 6) is 0.449. The van der Waals surface area contributed by atoms with Crippen LogP contribution in [0.2, 0.25) is 0 Å². The third kappa shape index (κ3) is 4.73. The number of carbonyl (C=O) groups excluding carboxylic acids is 2. The van der Waals surface area contributed by atoms with E-state index in [0.717, 1.165) is 38.5 Å². The first-order valence-electron chi connectivity index (χ1n) is 9.68. The third-order valence-corrected chi connectivity index (χ3v) is 6.10. The van der Waals surface area contributed by atoms with Crippen LogP contribution in [0.25, 0.3) is 0 Å². The van der Waals surface area contributed by atoms with E-state index >= 15 is 0 Å². The molecule has 0 unspecified atom stereocenters. The molecule has 24 heavy (non-hydrogen) atoms. The van der Waals surface area contributed by atoms with Gasteiger partial charge in [0.2, 0.25) is 0 Å². The maximum atomic E-state index is 12.4. The van der Waals surface area contributed by atoms with Gasteiger partial charge in [-0.2, -0.15) is 0 Å². The van der Waals surface area contributed by atoms with Gasteiger partial charge in [0.15, 0.2) is 6.61 Å². The predicted octanol–water partition coefficient (Wildman–Crippen LogP) is 4.17. The van der Waals surface area contributed by atoms with Gasteiger partial charge in [0, 0.05) is 12.1 Å². The van der Waals surface area contributed by atoms with Crippen LogP contribution >= 0.6 is 0 Å². The summed E-state index contributed by atoms with van der Waals surface area (Å²) in [6.07, 6.45) is 7.20. The first-order chi connectivity index (χ1) is 11.2. The molecule has 0 radical (unpaired) electrons. The number of carbonyl (C=O) groups is 2. The molecule has 1 saturated carbocycles. The maximum absolute atomic E-state index is 12.4. The summed E-state index contributed by atoms with van der Waals surface area (Å²) in [6, 6.07) is 0.504. The fourth-order valence-corrected chi connectivity index (χ4v) is 4.43. The topological polar surface area (TPSA) is 46.6 Å². The van der Waals surface area contributed by atoms with Crippen LogP contribution in [-0.2, 0) is 14.3 Å². The zero-order chi connectivity index (χ0) is 17.9. The highest BCUT2D eigenvalue weighted by molar-refractivity contribution is 5.81. The Morgan fingerprint density at radius 1 is 0.958 bits per heavy atom. The monoisotopic (exact) mass is 337 g/mol. The summed E-state index contributed by atoms with van der Waals surface area (Å²) in [4.78, 5) is 26.7. The molecule has 0 bridgehead atoms. The molecular weight excluding hydrogens is 302 g/mol. The SMILES string of the molecule is C[C@@H]1CCC[C@H](C)N1C(=O)COC(=O)C1CCC(C(C)(C)C)CC1. The first kappa shape index (κ1) is 19.3. The van der Waals surface area contributed by atoms with Crippen molar-refractivity contribution in [1.29, 1.82) is 0 Å². The van der Waals surface area contributed by atoms with E-state index in [2.05, 4.69) is 34.6 Å². The van der Waals surface area contributed by atoms with Gasteiger partial charge in [-0.1, -0.05) is 20.8 Å². The summed E-state index contributed by atoms with van der Waals surface area (Å²) in [6.45, 7) is 10.9. The van der Waals surface area contributed by atoms with E-state index in [-0.39, 0.29) is 36.5 Å². The second kappa shape index (κ2) is 7.88. The largest absolute Gasteiger partial charge is 0.455 e. The van der Waals surface area contributed by atoms with Crippen LogP contribution in [0.1, 0.15) is 79.6 Å². The molecule has 1 aliphatic heterocycles. The van der Waals surface area contributed by atoms with Gasteiger partial charge in [-0.25, -0.2) is 0 Å². The van der Waals surface area contributed by atoms with E-state index in [1.807, 2.05) is 4.90 Å². The average Bonchev–Trinajstić information content (AvgIpc) is 2.51. The van der Waals surface area contributed by atoms with E-state index in [1.54, 1.807) is 0 Å². The summed E-state index contributed by atoms with van der Waals surface area (Å²) >= 11 is 0. The molecule has 4 nitrogen and oxygen atoms in total. The summed E-state index contributed by atoms with van der Waals surface area (Å²) in [7, 11) is 0. The van der Waals surface area contributed by atoms with E-state index in [9.17, 15) is 9.59 Å². The molecule has 0 spiro atoms. The highest BCUT2D eigenvalue weighted by Crippen LogP contribution is 2.40. The van der Waals surface area contributed by atoms with Crippen molar-refractivity contribution < 1.29 is 14.3 Å². The molecule has 2 fully saturated rings. The van der Waals surface area contributed by atoms with Crippen molar-refractivity contribution in [3.63, 3.8) is 0 Å². The molecule has 0 aromatic rings. The lowest BCUT2D eigenvalue weighted by Crippen LogP contribution is -2.49. The number of likely N-dealkylation sites (tertiary alicyclic amines) is 1. The Balaban J connectivity index is 1.78. The molecule has 2 atom stereocenters. The van der Waals surface area contributed by atoms with Gasteiger partial charge >= 0.3 is 5.97 Å². The molecule has 0 aromatic heterocycles. The van der Waals surface area contributed by atoms with E-state index in [1.165, 1.54) is 6.42 Å². The van der Waals surface area contributed by atoms with E-state index in [4.69, 9.17) is 4.74 Å². The minimum Gasteiger partial charge on any atom is -0.455 e. The van der Waals surface area contributed by atoms with Crippen LogP contribution < -0.4 is 0 Å². The third-order valence-electron chi connectivity index (χ3n) is 6.10. The van der Waals surface area contributed by atoms with Crippen LogP contribution in [0.3, 0.4) is 0 Å². The number of rotatable bonds is 3. The molecule has 2 aliphatic rings. The first-order valence-corrected chi connectivity index (χ1v) is 9.68. The molecule has 2 rings (SSSR count). The summed E-state index contributed by atoms with van der Waals surface area (Å²) < 4.78 is 5.38. The number of amides is 1. The normalized spacial score (nSPS) is 31.6. The highest BCUT2D eigenvalue weighted by atomic mass is 16.5. The molecule has 1 aliphatic carbocycles. The Morgan fingerprint density at radius 2 is 1.50 bits per heavy atom. The van der Waals surface area contributed by atoms with Crippen molar-refractivity contribution >= 4 is 11.9 Å². The minimum absolute atomic E-state index is 0.0207. The van der Waals surface area contributed by atoms with Crippen molar-refractivity contribution in [3.8, 4) is 0 Å². The van der Waals surface area contributed by atoms with Crippen molar-refractivity contribution in [3.05, 3.63) is 0 Å². The summed E-state index contributed by atoms with van der Waals surface area (Å²) in [5.41, 5.74) is 0.311. The van der Waals surface area contributed by atoms with Gasteiger partial charge in [0.1, 0.15) is 0 Å². The number of nitrogens with zero attached hydrogens (tertiary/aromatic N) is 1. The van der Waals surface area contributed by atoms with E-state index in [0.29, 0.717) is 11.3 Å². The lowest BCUT2D eigenvalue weighted by atomic mass is 9.70. The number of ether oxygens (including phenoxy) is 1. The van der Waals surface area contributed by atoms with E-state index < -0.39 is 0 Å². The van der Waals surface area contributed by atoms with Gasteiger partial charge in [-0.3, -0.25) is 9.59 Å². The molecule has 1 saturated heterocycles. The van der Waals surface area contributed by atoms with Crippen LogP contribution in [0.4, 0.5) is 0 Å². The van der Waals surface area contributed by atoms with Gasteiger partial charge in [-0.15, -0.1) is 0 Å². The fraction of sp³-hybridized carbons (Fsp3) is 0.900. The fourth-order valence-electron chi connectivity index (χ4n) is 4.43. The second-order valence-electron chi connectivity index (χ2n) is 8.95. The zero-order valence-corrected chi connectivity index (χ0v) is 16.1. The Hall–Kier alpha value is -1.06. The molecule has 138 valence electrons. The van der Waals surface area contributed by atoms with Gasteiger partial charge < -0.3 is 9.64 Å². The average molecular weight is 338 g/mol. The van der Waals surface area contributed by atoms with Crippen LogP contribution in [-0.4, -0.2) is 35.5 Å². The molecule has 0 N–H and O–H groups in total. The molecular formula is C20H35NO3. The Kier molecular flexibility index (Phi) is 6.33. The van der Waals surface area contributed by atoms with Crippen LogP contribution in [0.15, 0.2) is 0 Å². The summed E-state index contributed by atoms with van der Waals surface area (Å²) in [5, 5.41) is 0. The second-order valence-corrected chi connectivity index (χ2v) is 8.95. The minimum atomic E-state index is -0.173. The Morgan fingerprint density at radius 3 is 2.00 bits per heavy atom. The number of piperidine rings is 1. The van der Waals surface area contributed by atoms with Crippen LogP contribution in [0.5, 0.6) is 0 Å². The molecule has 4 heteroatoms.